The van der Waals surface area contributed by atoms with Crippen LogP contribution in [0.3, 0.4) is 0 Å². The number of hydrazone groups is 1. The predicted octanol–water partition coefficient (Wildman–Crippen LogP) is 6.34. The third-order valence-corrected chi connectivity index (χ3v) is 9.84. The van der Waals surface area contributed by atoms with E-state index in [1.165, 1.54) is 54.0 Å². The molecule has 1 N–H and O–H groups in total. The molecule has 2 amide bonds. The Labute approximate surface area is 283 Å². The summed E-state index contributed by atoms with van der Waals surface area (Å²) in [5.41, 5.74) is 3.00. The van der Waals surface area contributed by atoms with Gasteiger partial charge in [0, 0.05) is 30.2 Å². The average molecular weight is 684 g/mol. The van der Waals surface area contributed by atoms with Crippen LogP contribution in [0.25, 0.3) is 0 Å². The maximum Gasteiger partial charge on any atom is 0.273 e. The van der Waals surface area contributed by atoms with Crippen molar-refractivity contribution in [2.45, 2.75) is 44.1 Å². The molecule has 0 radical (unpaired) electrons. The highest BCUT2D eigenvalue weighted by Crippen LogP contribution is 2.35. The standard InChI is InChI=1S/C34H30FN7O4S2/c1-22-26(9-5-10-28(22)42(45)46)33(44)36-20-31-37-38-34(40(31)17-16-23-7-3-2-4-8-23)48-21-32(43)41-29(24-12-14-25(35)15-13-24)19-27(39-41)30-11-6-18-47-30/h2-15,18,29H,16-17,19-21H2,1H3,(H,36,44)/t29-/m0/s1. The highest BCUT2D eigenvalue weighted by atomic mass is 32.2. The van der Waals surface area contributed by atoms with Crippen molar-refractivity contribution < 1.29 is 18.9 Å². The van der Waals surface area contributed by atoms with E-state index in [1.54, 1.807) is 23.5 Å². The van der Waals surface area contributed by atoms with Gasteiger partial charge in [-0.3, -0.25) is 19.7 Å². The van der Waals surface area contributed by atoms with Gasteiger partial charge in [0.2, 0.25) is 0 Å². The van der Waals surface area contributed by atoms with Crippen molar-refractivity contribution in [2.75, 3.05) is 5.75 Å². The van der Waals surface area contributed by atoms with Crippen molar-refractivity contribution >= 4 is 46.3 Å². The van der Waals surface area contributed by atoms with E-state index < -0.39 is 10.8 Å². The van der Waals surface area contributed by atoms with E-state index in [1.807, 2.05) is 52.4 Å². The summed E-state index contributed by atoms with van der Waals surface area (Å²) in [6.07, 6.45) is 1.16. The molecule has 1 aliphatic rings. The Bertz CT molecular complexity index is 1970. The fourth-order valence-electron chi connectivity index (χ4n) is 5.46. The number of nitro groups is 1. The molecule has 244 valence electrons. The Hall–Kier alpha value is -5.21. The van der Waals surface area contributed by atoms with Crippen LogP contribution >= 0.6 is 23.1 Å². The summed E-state index contributed by atoms with van der Waals surface area (Å²) in [4.78, 5) is 38.6. The number of hydrogen-bond acceptors (Lipinski definition) is 9. The number of aryl methyl sites for hydroxylation is 1. The summed E-state index contributed by atoms with van der Waals surface area (Å²) in [6.45, 7) is 2.04. The molecule has 0 unspecified atom stereocenters. The number of nitro benzene ring substituents is 1. The van der Waals surface area contributed by atoms with Gasteiger partial charge < -0.3 is 9.88 Å². The third-order valence-electron chi connectivity index (χ3n) is 7.96. The molecule has 0 bridgehead atoms. The Morgan fingerprint density at radius 3 is 2.56 bits per heavy atom. The lowest BCUT2D eigenvalue weighted by Gasteiger charge is -2.22. The first-order valence-electron chi connectivity index (χ1n) is 15.1. The Morgan fingerprint density at radius 2 is 1.83 bits per heavy atom. The van der Waals surface area contributed by atoms with Crippen LogP contribution in [-0.2, 0) is 24.3 Å². The molecule has 2 aromatic heterocycles. The van der Waals surface area contributed by atoms with Gasteiger partial charge in [0.25, 0.3) is 17.5 Å². The minimum Gasteiger partial charge on any atom is -0.345 e. The Morgan fingerprint density at radius 1 is 1.04 bits per heavy atom. The molecule has 14 heteroatoms. The van der Waals surface area contributed by atoms with Crippen molar-refractivity contribution in [1.29, 1.82) is 0 Å². The number of carbonyl (C=O) groups is 2. The SMILES string of the molecule is Cc1c(C(=O)NCc2nnc(SCC(=O)N3N=C(c4cccs4)C[C@H]3c3ccc(F)cc3)n2CCc2ccccc2)cccc1[N+](=O)[O-]. The number of nitrogens with one attached hydrogen (secondary N) is 1. The van der Waals surface area contributed by atoms with Crippen molar-refractivity contribution in [2.24, 2.45) is 5.10 Å². The highest BCUT2D eigenvalue weighted by molar-refractivity contribution is 7.99. The van der Waals surface area contributed by atoms with Crippen LogP contribution in [0.4, 0.5) is 10.1 Å². The molecule has 0 saturated carbocycles. The van der Waals surface area contributed by atoms with Gasteiger partial charge in [-0.15, -0.1) is 21.5 Å². The van der Waals surface area contributed by atoms with Crippen LogP contribution in [0.5, 0.6) is 0 Å². The summed E-state index contributed by atoms with van der Waals surface area (Å²) < 4.78 is 15.6. The molecule has 0 spiro atoms. The molecule has 1 aliphatic heterocycles. The molecule has 6 rings (SSSR count). The number of halogens is 1. The first kappa shape index (κ1) is 32.7. The zero-order chi connectivity index (χ0) is 33.6. The minimum absolute atomic E-state index is 0.0155. The van der Waals surface area contributed by atoms with Gasteiger partial charge in [0.15, 0.2) is 11.0 Å². The topological polar surface area (TPSA) is 136 Å². The molecule has 3 aromatic carbocycles. The molecule has 3 heterocycles. The third kappa shape index (κ3) is 7.34. The van der Waals surface area contributed by atoms with Crippen molar-refractivity contribution in [3.63, 3.8) is 0 Å². The van der Waals surface area contributed by atoms with Crippen molar-refractivity contribution in [1.82, 2.24) is 25.1 Å². The fraction of sp³-hybridized carbons (Fsp3) is 0.206. The minimum atomic E-state index is -0.518. The lowest BCUT2D eigenvalue weighted by Crippen LogP contribution is -2.29. The molecule has 48 heavy (non-hydrogen) atoms. The van der Waals surface area contributed by atoms with Gasteiger partial charge in [-0.05, 0) is 54.1 Å². The Balaban J connectivity index is 1.20. The van der Waals surface area contributed by atoms with E-state index >= 15 is 0 Å². The van der Waals surface area contributed by atoms with E-state index in [0.29, 0.717) is 30.4 Å². The van der Waals surface area contributed by atoms with Crippen molar-refractivity contribution in [3.05, 3.63) is 139 Å². The van der Waals surface area contributed by atoms with Crippen LogP contribution in [-0.4, -0.2) is 48.0 Å². The summed E-state index contributed by atoms with van der Waals surface area (Å²) in [5.74, 6) is -0.581. The zero-order valence-corrected chi connectivity index (χ0v) is 27.4. The van der Waals surface area contributed by atoms with Crippen LogP contribution in [0.2, 0.25) is 0 Å². The smallest absolute Gasteiger partial charge is 0.273 e. The number of benzene rings is 3. The van der Waals surface area contributed by atoms with Gasteiger partial charge in [0.1, 0.15) is 5.82 Å². The normalized spacial score (nSPS) is 14.2. The van der Waals surface area contributed by atoms with Gasteiger partial charge in [-0.2, -0.15) is 5.10 Å². The van der Waals surface area contributed by atoms with Crippen LogP contribution < -0.4 is 5.32 Å². The van der Waals surface area contributed by atoms with Gasteiger partial charge >= 0.3 is 0 Å². The van der Waals surface area contributed by atoms with Crippen LogP contribution in [0.1, 0.15) is 50.2 Å². The summed E-state index contributed by atoms with van der Waals surface area (Å²) in [6, 6.07) is 23.9. The quantitative estimate of drug-likeness (QED) is 0.0921. The van der Waals surface area contributed by atoms with Gasteiger partial charge in [0.05, 0.1) is 33.9 Å². The largest absolute Gasteiger partial charge is 0.345 e. The fourth-order valence-corrected chi connectivity index (χ4v) is 7.01. The van der Waals surface area contributed by atoms with E-state index in [2.05, 4.69) is 15.5 Å². The summed E-state index contributed by atoms with van der Waals surface area (Å²) in [5, 5.41) is 31.5. The Kier molecular flexibility index (Phi) is 10.0. The number of carbonyl (C=O) groups excluding carboxylic acids is 2. The number of amides is 2. The predicted molar refractivity (Wildman–Crippen MR) is 181 cm³/mol. The molecule has 0 saturated heterocycles. The van der Waals surface area contributed by atoms with E-state index in [9.17, 15) is 24.1 Å². The maximum atomic E-state index is 13.7. The first-order chi connectivity index (χ1) is 23.3. The molecule has 0 fully saturated rings. The molecule has 5 aromatic rings. The van der Waals surface area contributed by atoms with Crippen molar-refractivity contribution in [3.8, 4) is 0 Å². The summed E-state index contributed by atoms with van der Waals surface area (Å²) >= 11 is 2.76. The monoisotopic (exact) mass is 683 g/mol. The second kappa shape index (κ2) is 14.7. The van der Waals surface area contributed by atoms with E-state index in [0.717, 1.165) is 21.7 Å². The molecular weight excluding hydrogens is 654 g/mol. The van der Waals surface area contributed by atoms with Crippen LogP contribution in [0.15, 0.2) is 101 Å². The first-order valence-corrected chi connectivity index (χ1v) is 16.9. The molecule has 11 nitrogen and oxygen atoms in total. The number of thioether (sulfide) groups is 1. The van der Waals surface area contributed by atoms with Gasteiger partial charge in [-0.1, -0.05) is 66.4 Å². The maximum absolute atomic E-state index is 13.7. The lowest BCUT2D eigenvalue weighted by atomic mass is 10.0. The second-order valence-electron chi connectivity index (χ2n) is 11.0. The highest BCUT2D eigenvalue weighted by Gasteiger charge is 2.33. The summed E-state index contributed by atoms with van der Waals surface area (Å²) in [7, 11) is 0. The number of hydrogen-bond donors (Lipinski definition) is 1. The van der Waals surface area contributed by atoms with Crippen LogP contribution in [0, 0.1) is 22.9 Å². The molecular formula is C34H30FN7O4S2. The number of nitrogens with zero attached hydrogens (tertiary/aromatic N) is 6. The number of rotatable bonds is 12. The van der Waals surface area contributed by atoms with Gasteiger partial charge in [-0.25, -0.2) is 9.40 Å². The second-order valence-corrected chi connectivity index (χ2v) is 12.9. The lowest BCUT2D eigenvalue weighted by molar-refractivity contribution is -0.385. The molecule has 0 aliphatic carbocycles. The zero-order valence-electron chi connectivity index (χ0n) is 25.8. The van der Waals surface area contributed by atoms with E-state index in [-0.39, 0.29) is 46.9 Å². The van der Waals surface area contributed by atoms with E-state index in [4.69, 9.17) is 5.10 Å². The number of aromatic nitrogens is 3. The average Bonchev–Trinajstić information content (AvgIpc) is 3.86. The number of thiophene rings is 1. The molecule has 1 atom stereocenters.